The van der Waals surface area contributed by atoms with Gasteiger partial charge in [-0.25, -0.2) is 0 Å². The van der Waals surface area contributed by atoms with Crippen molar-refractivity contribution < 1.29 is 29.0 Å². The molecular formula is C32H52N2O6. The molecule has 2 amide bonds. The van der Waals surface area contributed by atoms with Gasteiger partial charge in [0.2, 0.25) is 11.8 Å². The first-order valence-corrected chi connectivity index (χ1v) is 15.3. The van der Waals surface area contributed by atoms with Gasteiger partial charge >= 0.3 is 5.97 Å². The number of hydrogen-bond donors (Lipinski definition) is 1. The van der Waals surface area contributed by atoms with Crippen molar-refractivity contribution in [3.05, 3.63) is 25.3 Å². The van der Waals surface area contributed by atoms with Crippen molar-refractivity contribution in [3.63, 3.8) is 0 Å². The van der Waals surface area contributed by atoms with Crippen LogP contribution in [-0.4, -0.2) is 81.8 Å². The lowest BCUT2D eigenvalue weighted by molar-refractivity contribution is -0.164. The molecule has 0 saturated carbocycles. The molecule has 0 aromatic heterocycles. The lowest BCUT2D eigenvalue weighted by Gasteiger charge is -2.41. The molecule has 8 atom stereocenters. The van der Waals surface area contributed by atoms with Gasteiger partial charge in [-0.15, -0.1) is 13.2 Å². The third-order valence-electron chi connectivity index (χ3n) is 9.48. The van der Waals surface area contributed by atoms with Crippen LogP contribution in [0.4, 0.5) is 0 Å². The van der Waals surface area contributed by atoms with E-state index in [9.17, 15) is 19.5 Å². The van der Waals surface area contributed by atoms with Crippen LogP contribution in [-0.2, 0) is 23.9 Å². The zero-order chi connectivity index (χ0) is 29.8. The van der Waals surface area contributed by atoms with Crippen molar-refractivity contribution in [2.45, 2.75) is 116 Å². The van der Waals surface area contributed by atoms with Crippen LogP contribution in [0.15, 0.2) is 25.3 Å². The van der Waals surface area contributed by atoms with E-state index in [2.05, 4.69) is 20.1 Å². The summed E-state index contributed by atoms with van der Waals surface area (Å²) < 4.78 is 12.6. The Morgan fingerprint density at radius 3 is 2.52 bits per heavy atom. The first-order valence-electron chi connectivity index (χ1n) is 15.3. The molecule has 3 aliphatic rings. The monoisotopic (exact) mass is 560 g/mol. The van der Waals surface area contributed by atoms with Gasteiger partial charge in [-0.05, 0) is 64.2 Å². The quantitative estimate of drug-likeness (QED) is 0.170. The summed E-state index contributed by atoms with van der Waals surface area (Å²) >= 11 is 0. The molecule has 8 nitrogen and oxygen atoms in total. The summed E-state index contributed by atoms with van der Waals surface area (Å²) in [6, 6.07) is -1.56. The molecule has 40 heavy (non-hydrogen) atoms. The minimum Gasteiger partial charge on any atom is -0.465 e. The van der Waals surface area contributed by atoms with Crippen LogP contribution in [0, 0.1) is 23.7 Å². The highest BCUT2D eigenvalue weighted by Gasteiger charge is 2.80. The van der Waals surface area contributed by atoms with E-state index in [0.29, 0.717) is 25.8 Å². The number of amides is 2. The third kappa shape index (κ3) is 5.63. The van der Waals surface area contributed by atoms with Gasteiger partial charge in [0, 0.05) is 12.6 Å². The first kappa shape index (κ1) is 32.3. The molecule has 3 rings (SSSR count). The fraction of sp³-hybridized carbons (Fsp3) is 0.781. The van der Waals surface area contributed by atoms with Gasteiger partial charge in [0.05, 0.1) is 30.8 Å². The summed E-state index contributed by atoms with van der Waals surface area (Å²) in [5.74, 6) is -2.46. The van der Waals surface area contributed by atoms with Crippen LogP contribution in [0.25, 0.3) is 0 Å². The SMILES string of the molecule is C=CCCCCOC(=O)[C@@H]1[C@H]2C(=O)N([C@@H](CO)CC(C)C)C(C(=O)N(CC=C)C(C)CCC)C23CC(C)[C@@]1(C)O3. The summed E-state index contributed by atoms with van der Waals surface area (Å²) in [7, 11) is 0. The van der Waals surface area contributed by atoms with Crippen LogP contribution < -0.4 is 0 Å². The number of hydrogen-bond acceptors (Lipinski definition) is 6. The van der Waals surface area contributed by atoms with Gasteiger partial charge in [-0.1, -0.05) is 46.3 Å². The average Bonchev–Trinajstić information content (AvgIpc) is 3.41. The minimum absolute atomic E-state index is 0.0660. The summed E-state index contributed by atoms with van der Waals surface area (Å²) in [6.45, 7) is 20.0. The summed E-state index contributed by atoms with van der Waals surface area (Å²) in [4.78, 5) is 46.1. The Morgan fingerprint density at radius 1 is 1.25 bits per heavy atom. The van der Waals surface area contributed by atoms with Gasteiger partial charge in [-0.2, -0.15) is 0 Å². The Bertz CT molecular complexity index is 952. The van der Waals surface area contributed by atoms with Crippen LogP contribution in [0.2, 0.25) is 0 Å². The fourth-order valence-corrected chi connectivity index (χ4v) is 7.54. The number of carbonyl (C=O) groups is 3. The highest BCUT2D eigenvalue weighted by atomic mass is 16.6. The highest BCUT2D eigenvalue weighted by Crippen LogP contribution is 2.65. The van der Waals surface area contributed by atoms with Gasteiger partial charge in [-0.3, -0.25) is 14.4 Å². The fourth-order valence-electron chi connectivity index (χ4n) is 7.54. The zero-order valence-electron chi connectivity index (χ0n) is 25.6. The number of carbonyl (C=O) groups excluding carboxylic acids is 3. The summed E-state index contributed by atoms with van der Waals surface area (Å²) in [5, 5.41) is 10.5. The van der Waals surface area contributed by atoms with E-state index in [0.717, 1.165) is 25.7 Å². The van der Waals surface area contributed by atoms with Crippen LogP contribution >= 0.6 is 0 Å². The molecule has 0 aliphatic carbocycles. The number of rotatable bonds is 16. The molecule has 3 saturated heterocycles. The van der Waals surface area contributed by atoms with Crippen molar-refractivity contribution in [1.82, 2.24) is 9.80 Å². The van der Waals surface area contributed by atoms with Gasteiger partial charge in [0.1, 0.15) is 17.6 Å². The molecule has 1 N–H and O–H groups in total. The maximum absolute atomic E-state index is 14.6. The minimum atomic E-state index is -1.16. The first-order chi connectivity index (χ1) is 18.9. The van der Waals surface area contributed by atoms with Gasteiger partial charge < -0.3 is 24.4 Å². The maximum atomic E-state index is 14.6. The van der Waals surface area contributed by atoms with E-state index >= 15 is 0 Å². The van der Waals surface area contributed by atoms with Crippen molar-refractivity contribution in [2.24, 2.45) is 23.7 Å². The summed E-state index contributed by atoms with van der Waals surface area (Å²) in [6.07, 6.45) is 8.70. The largest absolute Gasteiger partial charge is 0.465 e. The van der Waals surface area contributed by atoms with Crippen molar-refractivity contribution in [1.29, 1.82) is 0 Å². The maximum Gasteiger partial charge on any atom is 0.312 e. The number of likely N-dealkylation sites (tertiary alicyclic amines) is 1. The Kier molecular flexibility index (Phi) is 10.7. The second-order valence-electron chi connectivity index (χ2n) is 12.8. The third-order valence-corrected chi connectivity index (χ3v) is 9.48. The van der Waals surface area contributed by atoms with Crippen molar-refractivity contribution in [3.8, 4) is 0 Å². The lowest BCUT2D eigenvalue weighted by Crippen LogP contribution is -2.60. The lowest BCUT2D eigenvalue weighted by atomic mass is 9.62. The normalized spacial score (nSPS) is 32.2. The Balaban J connectivity index is 2.08. The Morgan fingerprint density at radius 2 is 1.95 bits per heavy atom. The van der Waals surface area contributed by atoms with E-state index in [1.807, 2.05) is 40.7 Å². The Hall–Kier alpha value is -2.19. The van der Waals surface area contributed by atoms with Crippen LogP contribution in [0.1, 0.15) is 86.5 Å². The van der Waals surface area contributed by atoms with E-state index in [-0.39, 0.29) is 42.9 Å². The smallest absolute Gasteiger partial charge is 0.312 e. The average molecular weight is 561 g/mol. The molecule has 3 heterocycles. The predicted octanol–water partition coefficient (Wildman–Crippen LogP) is 4.51. The molecule has 0 aromatic carbocycles. The molecule has 226 valence electrons. The number of nitrogens with zero attached hydrogens (tertiary/aromatic N) is 2. The van der Waals surface area contributed by atoms with E-state index in [4.69, 9.17) is 9.47 Å². The molecule has 1 spiro atoms. The number of allylic oxidation sites excluding steroid dienone is 1. The number of aliphatic hydroxyl groups is 1. The summed E-state index contributed by atoms with van der Waals surface area (Å²) in [5.41, 5.74) is -2.08. The molecule has 3 aliphatic heterocycles. The van der Waals surface area contributed by atoms with Gasteiger partial charge in [0.25, 0.3) is 0 Å². The number of esters is 1. The van der Waals surface area contributed by atoms with Crippen LogP contribution in [0.5, 0.6) is 0 Å². The van der Waals surface area contributed by atoms with Crippen molar-refractivity contribution >= 4 is 17.8 Å². The molecule has 8 heteroatoms. The second kappa shape index (κ2) is 13.2. The predicted molar refractivity (Wildman–Crippen MR) is 155 cm³/mol. The number of ether oxygens (including phenoxy) is 2. The van der Waals surface area contributed by atoms with Crippen LogP contribution in [0.3, 0.4) is 0 Å². The van der Waals surface area contributed by atoms with E-state index < -0.39 is 41.1 Å². The number of fused-ring (bicyclic) bond motifs is 1. The molecule has 0 aromatic rings. The standard InChI is InChI=1S/C32H52N2O6/c1-9-12-13-14-17-39-30(38)26-25-28(36)34(24(20-35)18-21(4)5)27(32(25)19-22(6)31(26,8)40-32)29(37)33(16-11-3)23(7)15-10-2/h9,11,21-27,35H,1,3,10,12-20H2,2,4-8H3/t22?,23?,24-,25+,26+,27?,31-,32?/m1/s1. The van der Waals surface area contributed by atoms with E-state index in [1.54, 1.807) is 15.9 Å². The van der Waals surface area contributed by atoms with Crippen molar-refractivity contribution in [2.75, 3.05) is 19.8 Å². The molecular weight excluding hydrogens is 508 g/mol. The Labute approximate surface area is 241 Å². The highest BCUT2D eigenvalue weighted by molar-refractivity contribution is 5.99. The molecule has 3 fully saturated rings. The zero-order valence-corrected chi connectivity index (χ0v) is 25.6. The molecule has 0 radical (unpaired) electrons. The number of unbranched alkanes of at least 4 members (excludes halogenated alkanes) is 2. The second-order valence-corrected chi connectivity index (χ2v) is 12.8. The van der Waals surface area contributed by atoms with Gasteiger partial charge in [0.15, 0.2) is 0 Å². The molecule has 4 unspecified atom stereocenters. The molecule has 2 bridgehead atoms. The number of aliphatic hydroxyl groups excluding tert-OH is 1. The van der Waals surface area contributed by atoms with E-state index in [1.165, 1.54) is 0 Å². The topological polar surface area (TPSA) is 96.4 Å².